The van der Waals surface area contributed by atoms with E-state index in [1.165, 1.54) is 5.56 Å². The largest absolute Gasteiger partial charge is 0.238 e. The second-order valence-corrected chi connectivity index (χ2v) is 6.33. The van der Waals surface area contributed by atoms with Crippen LogP contribution < -0.4 is 5.14 Å². The zero-order valence-electron chi connectivity index (χ0n) is 12.6. The summed E-state index contributed by atoms with van der Waals surface area (Å²) >= 11 is 0. The van der Waals surface area contributed by atoms with Gasteiger partial charge >= 0.3 is 0 Å². The van der Waals surface area contributed by atoms with Gasteiger partial charge in [0.05, 0.1) is 4.90 Å². The van der Waals surface area contributed by atoms with Gasteiger partial charge in [-0.05, 0) is 60.4 Å². The van der Waals surface area contributed by atoms with Crippen LogP contribution in [0.25, 0.3) is 0 Å². The molecule has 0 unspecified atom stereocenters. The van der Waals surface area contributed by atoms with E-state index in [1.807, 2.05) is 13.8 Å². The monoisotopic (exact) mass is 283 g/mol. The minimum absolute atomic E-state index is 0.386. The molecule has 1 rings (SSSR count). The van der Waals surface area contributed by atoms with Crippen LogP contribution in [-0.4, -0.2) is 8.42 Å². The molecule has 0 atom stereocenters. The summed E-state index contributed by atoms with van der Waals surface area (Å²) in [6, 6.07) is 0. The van der Waals surface area contributed by atoms with Gasteiger partial charge in [0.2, 0.25) is 10.0 Å². The SMILES string of the molecule is CCc1c(C)c(CC)c(CC)c(S(N)(=O)=O)c1CC. The van der Waals surface area contributed by atoms with Gasteiger partial charge < -0.3 is 0 Å². The first-order valence-electron chi connectivity index (χ1n) is 7.02. The van der Waals surface area contributed by atoms with Crippen molar-refractivity contribution in [2.75, 3.05) is 0 Å². The Labute approximate surface area is 117 Å². The zero-order chi connectivity index (χ0) is 14.8. The van der Waals surface area contributed by atoms with Crippen LogP contribution in [0.3, 0.4) is 0 Å². The van der Waals surface area contributed by atoms with Crippen molar-refractivity contribution < 1.29 is 8.42 Å². The van der Waals surface area contributed by atoms with Crippen molar-refractivity contribution in [3.63, 3.8) is 0 Å². The van der Waals surface area contributed by atoms with Crippen LogP contribution in [-0.2, 0) is 35.7 Å². The molecule has 0 radical (unpaired) electrons. The van der Waals surface area contributed by atoms with E-state index >= 15 is 0 Å². The fraction of sp³-hybridized carbons (Fsp3) is 0.600. The molecule has 0 saturated heterocycles. The normalized spacial score (nSPS) is 11.9. The molecule has 19 heavy (non-hydrogen) atoms. The van der Waals surface area contributed by atoms with E-state index in [-0.39, 0.29) is 0 Å². The third kappa shape index (κ3) is 2.84. The van der Waals surface area contributed by atoms with E-state index in [1.54, 1.807) is 0 Å². The predicted molar refractivity (Wildman–Crippen MR) is 80.1 cm³/mol. The summed E-state index contributed by atoms with van der Waals surface area (Å²) in [6.07, 6.45) is 3.09. The number of sulfonamides is 1. The highest BCUT2D eigenvalue weighted by Crippen LogP contribution is 2.32. The highest BCUT2D eigenvalue weighted by atomic mass is 32.2. The number of primary sulfonamides is 1. The summed E-state index contributed by atoms with van der Waals surface area (Å²) in [5.74, 6) is 0. The first kappa shape index (κ1) is 16.2. The summed E-state index contributed by atoms with van der Waals surface area (Å²) < 4.78 is 24.0. The molecule has 0 saturated carbocycles. The summed E-state index contributed by atoms with van der Waals surface area (Å²) in [5, 5.41) is 5.48. The molecule has 0 amide bonds. The van der Waals surface area contributed by atoms with Gasteiger partial charge in [-0.25, -0.2) is 13.6 Å². The Bertz CT molecular complexity index is 541. The maximum Gasteiger partial charge on any atom is 0.238 e. The van der Waals surface area contributed by atoms with Gasteiger partial charge in [-0.3, -0.25) is 0 Å². The molecular formula is C15H25NO2S. The lowest BCUT2D eigenvalue weighted by atomic mass is 9.87. The van der Waals surface area contributed by atoms with Gasteiger partial charge in [0.25, 0.3) is 0 Å². The quantitative estimate of drug-likeness (QED) is 0.903. The summed E-state index contributed by atoms with van der Waals surface area (Å²) in [6.45, 7) is 10.2. The fourth-order valence-corrected chi connectivity index (χ4v) is 4.36. The van der Waals surface area contributed by atoms with Crippen molar-refractivity contribution in [1.29, 1.82) is 0 Å². The van der Waals surface area contributed by atoms with Crippen molar-refractivity contribution >= 4 is 10.0 Å². The fourth-order valence-electron chi connectivity index (χ4n) is 3.14. The zero-order valence-corrected chi connectivity index (χ0v) is 13.4. The molecule has 0 spiro atoms. The van der Waals surface area contributed by atoms with Crippen molar-refractivity contribution in [2.45, 2.75) is 65.2 Å². The molecule has 1 aromatic carbocycles. The van der Waals surface area contributed by atoms with Gasteiger partial charge in [0, 0.05) is 0 Å². The molecule has 0 aliphatic rings. The Morgan fingerprint density at radius 1 is 0.789 bits per heavy atom. The van der Waals surface area contributed by atoms with E-state index in [0.717, 1.165) is 35.1 Å². The Balaban J connectivity index is 3.96. The highest BCUT2D eigenvalue weighted by molar-refractivity contribution is 7.89. The number of benzene rings is 1. The molecule has 0 fully saturated rings. The Morgan fingerprint density at radius 3 is 1.32 bits per heavy atom. The van der Waals surface area contributed by atoms with E-state index in [4.69, 9.17) is 5.14 Å². The van der Waals surface area contributed by atoms with Gasteiger partial charge in [-0.1, -0.05) is 27.7 Å². The number of hydrogen-bond donors (Lipinski definition) is 1. The lowest BCUT2D eigenvalue weighted by Crippen LogP contribution is -2.20. The number of hydrogen-bond acceptors (Lipinski definition) is 2. The maximum absolute atomic E-state index is 12.0. The average Bonchev–Trinajstić information content (AvgIpc) is 2.35. The molecule has 4 heteroatoms. The molecule has 1 aromatic rings. The van der Waals surface area contributed by atoms with Crippen molar-refractivity contribution in [2.24, 2.45) is 5.14 Å². The van der Waals surface area contributed by atoms with Crippen molar-refractivity contribution in [3.8, 4) is 0 Å². The van der Waals surface area contributed by atoms with E-state index in [2.05, 4.69) is 20.8 Å². The Morgan fingerprint density at radius 2 is 1.11 bits per heavy atom. The molecule has 2 N–H and O–H groups in total. The third-order valence-electron chi connectivity index (χ3n) is 3.88. The number of rotatable bonds is 5. The van der Waals surface area contributed by atoms with Crippen LogP contribution in [0.2, 0.25) is 0 Å². The topological polar surface area (TPSA) is 60.2 Å². The molecule has 0 aromatic heterocycles. The summed E-state index contributed by atoms with van der Waals surface area (Å²) in [7, 11) is -3.67. The Kier molecular flexibility index (Phi) is 5.16. The highest BCUT2D eigenvalue weighted by Gasteiger charge is 2.24. The second kappa shape index (κ2) is 6.06. The molecule has 0 heterocycles. The molecule has 3 nitrogen and oxygen atoms in total. The average molecular weight is 283 g/mol. The van der Waals surface area contributed by atoms with E-state index in [0.29, 0.717) is 17.7 Å². The second-order valence-electron chi connectivity index (χ2n) is 4.83. The predicted octanol–water partition coefficient (Wildman–Crippen LogP) is 2.89. The van der Waals surface area contributed by atoms with Crippen LogP contribution >= 0.6 is 0 Å². The molecule has 0 aliphatic heterocycles. The van der Waals surface area contributed by atoms with Crippen LogP contribution in [0, 0.1) is 6.92 Å². The standard InChI is InChI=1S/C15H25NO2S/c1-6-11-10(5)12(7-2)14(9-4)15(13(11)8-3)19(16,17)18/h6-9H2,1-5H3,(H2,16,17,18). The number of nitrogens with two attached hydrogens (primary N) is 1. The first-order chi connectivity index (χ1) is 8.83. The lowest BCUT2D eigenvalue weighted by molar-refractivity contribution is 0.594. The molecule has 108 valence electrons. The van der Waals surface area contributed by atoms with E-state index < -0.39 is 10.0 Å². The molecule has 0 aliphatic carbocycles. The minimum atomic E-state index is -3.67. The third-order valence-corrected chi connectivity index (χ3v) is 4.94. The van der Waals surface area contributed by atoms with Gasteiger partial charge in [-0.15, -0.1) is 0 Å². The first-order valence-corrected chi connectivity index (χ1v) is 8.56. The Hall–Kier alpha value is -0.870. The van der Waals surface area contributed by atoms with Crippen molar-refractivity contribution in [1.82, 2.24) is 0 Å². The summed E-state index contributed by atoms with van der Waals surface area (Å²) in [5.41, 5.74) is 5.38. The van der Waals surface area contributed by atoms with Crippen LogP contribution in [0.1, 0.15) is 55.5 Å². The van der Waals surface area contributed by atoms with Crippen LogP contribution in [0.5, 0.6) is 0 Å². The maximum atomic E-state index is 12.0. The van der Waals surface area contributed by atoms with Crippen molar-refractivity contribution in [3.05, 3.63) is 27.8 Å². The van der Waals surface area contributed by atoms with Crippen LogP contribution in [0.15, 0.2) is 4.90 Å². The lowest BCUT2D eigenvalue weighted by Gasteiger charge is -2.22. The summed E-state index contributed by atoms with van der Waals surface area (Å²) in [4.78, 5) is 0.386. The molecule has 0 bridgehead atoms. The van der Waals surface area contributed by atoms with E-state index in [9.17, 15) is 8.42 Å². The van der Waals surface area contributed by atoms with Crippen LogP contribution in [0.4, 0.5) is 0 Å². The van der Waals surface area contributed by atoms with Gasteiger partial charge in [-0.2, -0.15) is 0 Å². The van der Waals surface area contributed by atoms with Gasteiger partial charge in [0.1, 0.15) is 0 Å². The van der Waals surface area contributed by atoms with Gasteiger partial charge in [0.15, 0.2) is 0 Å². The smallest absolute Gasteiger partial charge is 0.225 e. The molecular weight excluding hydrogens is 258 g/mol. The minimum Gasteiger partial charge on any atom is -0.225 e.